The topological polar surface area (TPSA) is 58.4 Å². The number of halogens is 2. The van der Waals surface area contributed by atoms with E-state index in [4.69, 9.17) is 5.73 Å². The first-order valence-corrected chi connectivity index (χ1v) is 11.5. The van der Waals surface area contributed by atoms with Gasteiger partial charge in [0.25, 0.3) is 0 Å². The lowest BCUT2D eigenvalue weighted by Crippen LogP contribution is -2.49. The van der Waals surface area contributed by atoms with Crippen molar-refractivity contribution in [3.63, 3.8) is 0 Å². The van der Waals surface area contributed by atoms with Crippen LogP contribution in [0.1, 0.15) is 68.9 Å². The maximum Gasteiger partial charge on any atom is 0.223 e. The Balaban J connectivity index is 0.00000160. The second kappa shape index (κ2) is 12.3. The normalized spacial score (nSPS) is 29.1. The third-order valence-corrected chi connectivity index (χ3v) is 7.35. The van der Waals surface area contributed by atoms with Gasteiger partial charge in [0.05, 0.1) is 0 Å². The summed E-state index contributed by atoms with van der Waals surface area (Å²) in [6.45, 7) is 4.11. The second-order valence-corrected chi connectivity index (χ2v) is 9.42. The summed E-state index contributed by atoms with van der Waals surface area (Å²) in [5, 5.41) is 3.22. The number of nitrogens with two attached hydrogens (primary N) is 1. The quantitative estimate of drug-likeness (QED) is 0.677. The maximum absolute atomic E-state index is 12.8. The van der Waals surface area contributed by atoms with Crippen molar-refractivity contribution in [2.75, 3.05) is 13.1 Å². The lowest BCUT2D eigenvalue weighted by atomic mass is 9.65. The highest BCUT2D eigenvalue weighted by Crippen LogP contribution is 2.41. The van der Waals surface area contributed by atoms with Gasteiger partial charge in [0, 0.05) is 25.0 Å². The average Bonchev–Trinajstić information content (AvgIpc) is 2.95. The highest BCUT2D eigenvalue weighted by atomic mass is 35.5. The highest BCUT2D eigenvalue weighted by Gasteiger charge is 2.40. The molecule has 2 aliphatic carbocycles. The highest BCUT2D eigenvalue weighted by molar-refractivity contribution is 5.85. The number of likely N-dealkylation sites (tertiary alicyclic amines) is 1. The van der Waals surface area contributed by atoms with E-state index >= 15 is 0 Å². The van der Waals surface area contributed by atoms with Crippen LogP contribution in [-0.4, -0.2) is 29.9 Å². The van der Waals surface area contributed by atoms with Gasteiger partial charge in [-0.3, -0.25) is 9.69 Å². The molecule has 1 saturated heterocycles. The fraction of sp³-hybridized carbons (Fsp3) is 0.708. The number of carbonyl (C=O) groups is 1. The molecule has 1 aliphatic heterocycles. The largest absolute Gasteiger partial charge is 0.352 e. The van der Waals surface area contributed by atoms with E-state index in [1.165, 1.54) is 69.2 Å². The Morgan fingerprint density at radius 2 is 1.60 bits per heavy atom. The van der Waals surface area contributed by atoms with E-state index < -0.39 is 0 Å². The van der Waals surface area contributed by atoms with Gasteiger partial charge in [0.2, 0.25) is 5.91 Å². The molecule has 2 bridgehead atoms. The molecule has 3 aliphatic rings. The van der Waals surface area contributed by atoms with Gasteiger partial charge in [-0.15, -0.1) is 24.8 Å². The van der Waals surface area contributed by atoms with Crippen LogP contribution < -0.4 is 11.1 Å². The monoisotopic (exact) mass is 455 g/mol. The molecule has 170 valence electrons. The van der Waals surface area contributed by atoms with Gasteiger partial charge < -0.3 is 11.1 Å². The van der Waals surface area contributed by atoms with Gasteiger partial charge in [-0.05, 0) is 74.6 Å². The van der Waals surface area contributed by atoms with Crippen LogP contribution in [0.4, 0.5) is 0 Å². The summed E-state index contributed by atoms with van der Waals surface area (Å²) in [7, 11) is 0. The van der Waals surface area contributed by atoms with E-state index in [0.717, 1.165) is 19.4 Å². The molecule has 1 aromatic rings. The van der Waals surface area contributed by atoms with Crippen LogP contribution in [0.5, 0.6) is 0 Å². The van der Waals surface area contributed by atoms with Crippen LogP contribution >= 0.6 is 24.8 Å². The first kappa shape index (κ1) is 25.5. The molecule has 0 radical (unpaired) electrons. The summed E-state index contributed by atoms with van der Waals surface area (Å²) >= 11 is 0. The summed E-state index contributed by atoms with van der Waals surface area (Å²) in [6.07, 6.45) is 11.1. The lowest BCUT2D eigenvalue weighted by Gasteiger charge is -2.43. The molecule has 1 heterocycles. The van der Waals surface area contributed by atoms with Crippen LogP contribution in [0.3, 0.4) is 0 Å². The Labute approximate surface area is 194 Å². The molecule has 4 rings (SSSR count). The van der Waals surface area contributed by atoms with Crippen LogP contribution in [-0.2, 0) is 17.9 Å². The molecular weight excluding hydrogens is 417 g/mol. The number of fused-ring (bicyclic) bond motifs is 2. The van der Waals surface area contributed by atoms with E-state index in [1.807, 2.05) is 0 Å². The van der Waals surface area contributed by atoms with Crippen molar-refractivity contribution in [1.29, 1.82) is 0 Å². The molecule has 1 amide bonds. The number of amides is 1. The van der Waals surface area contributed by atoms with E-state index in [2.05, 4.69) is 34.5 Å². The molecule has 2 unspecified atom stereocenters. The standard InChI is InChI=1S/C24H37N3O.2ClH/c25-23-20-9-6-10-21(23)15-22(14-20)24(28)26-16-18-7-5-8-19(13-18)17-27-11-3-1-2-4-12-27;;/h5,7-8,13,20-23H,1-4,6,9-12,14-17,25H2,(H,26,28);2*1H. The number of hydrogen-bond acceptors (Lipinski definition) is 3. The van der Waals surface area contributed by atoms with E-state index in [0.29, 0.717) is 24.4 Å². The Kier molecular flexibility index (Phi) is 10.4. The first-order chi connectivity index (χ1) is 13.7. The summed E-state index contributed by atoms with van der Waals surface area (Å²) < 4.78 is 0. The zero-order chi connectivity index (χ0) is 19.3. The molecule has 2 saturated carbocycles. The van der Waals surface area contributed by atoms with Crippen molar-refractivity contribution in [3.05, 3.63) is 35.4 Å². The Morgan fingerprint density at radius 1 is 0.967 bits per heavy atom. The number of nitrogens with zero attached hydrogens (tertiary/aromatic N) is 1. The Hall–Kier alpha value is -0.810. The Morgan fingerprint density at radius 3 is 2.27 bits per heavy atom. The van der Waals surface area contributed by atoms with Crippen molar-refractivity contribution in [3.8, 4) is 0 Å². The minimum absolute atomic E-state index is 0. The van der Waals surface area contributed by atoms with E-state index in [-0.39, 0.29) is 36.6 Å². The zero-order valence-corrected chi connectivity index (χ0v) is 19.7. The fourth-order valence-electron chi connectivity index (χ4n) is 5.73. The average molecular weight is 457 g/mol. The summed E-state index contributed by atoms with van der Waals surface area (Å²) in [5.41, 5.74) is 8.96. The van der Waals surface area contributed by atoms with Gasteiger partial charge in [0.15, 0.2) is 0 Å². The van der Waals surface area contributed by atoms with Gasteiger partial charge in [-0.2, -0.15) is 0 Å². The maximum atomic E-state index is 12.8. The molecule has 30 heavy (non-hydrogen) atoms. The predicted molar refractivity (Wildman–Crippen MR) is 128 cm³/mol. The van der Waals surface area contributed by atoms with Gasteiger partial charge in [0.1, 0.15) is 0 Å². The SMILES string of the molecule is Cl.Cl.NC1C2CCCC1CC(C(=O)NCc1cccc(CN3CCCCCC3)c1)C2. The van der Waals surface area contributed by atoms with Crippen molar-refractivity contribution < 1.29 is 4.79 Å². The van der Waals surface area contributed by atoms with Crippen molar-refractivity contribution in [2.45, 2.75) is 76.9 Å². The van der Waals surface area contributed by atoms with Gasteiger partial charge in [-0.25, -0.2) is 0 Å². The van der Waals surface area contributed by atoms with Crippen molar-refractivity contribution in [2.24, 2.45) is 23.5 Å². The minimum atomic E-state index is 0. The molecule has 4 nitrogen and oxygen atoms in total. The smallest absolute Gasteiger partial charge is 0.223 e. The molecule has 3 fully saturated rings. The van der Waals surface area contributed by atoms with Crippen molar-refractivity contribution >= 4 is 30.7 Å². The number of carbonyl (C=O) groups excluding carboxylic acids is 1. The molecule has 1 aromatic carbocycles. The van der Waals surface area contributed by atoms with Gasteiger partial charge >= 0.3 is 0 Å². The Bertz CT molecular complexity index is 650. The predicted octanol–water partition coefficient (Wildman–Crippen LogP) is 4.68. The second-order valence-electron chi connectivity index (χ2n) is 9.42. The number of rotatable bonds is 5. The van der Waals surface area contributed by atoms with Crippen molar-refractivity contribution in [1.82, 2.24) is 10.2 Å². The number of nitrogens with one attached hydrogen (secondary N) is 1. The molecule has 0 spiro atoms. The van der Waals surface area contributed by atoms with Crippen LogP contribution in [0.15, 0.2) is 24.3 Å². The van der Waals surface area contributed by atoms with E-state index in [1.54, 1.807) is 0 Å². The molecule has 6 heteroatoms. The molecule has 0 aromatic heterocycles. The lowest BCUT2D eigenvalue weighted by molar-refractivity contribution is -0.128. The van der Waals surface area contributed by atoms with E-state index in [9.17, 15) is 4.79 Å². The van der Waals surface area contributed by atoms with Crippen LogP contribution in [0.2, 0.25) is 0 Å². The minimum Gasteiger partial charge on any atom is -0.352 e. The summed E-state index contributed by atoms with van der Waals surface area (Å²) in [6, 6.07) is 9.10. The zero-order valence-electron chi connectivity index (χ0n) is 18.1. The van der Waals surface area contributed by atoms with Gasteiger partial charge in [-0.1, -0.05) is 43.5 Å². The summed E-state index contributed by atoms with van der Waals surface area (Å²) in [5.74, 6) is 1.51. The fourth-order valence-corrected chi connectivity index (χ4v) is 5.73. The van der Waals surface area contributed by atoms with Crippen LogP contribution in [0, 0.1) is 17.8 Å². The summed E-state index contributed by atoms with van der Waals surface area (Å²) in [4.78, 5) is 15.4. The third kappa shape index (κ3) is 6.59. The molecular formula is C24H39Cl2N3O. The molecule has 2 atom stereocenters. The molecule has 3 N–H and O–H groups in total. The third-order valence-electron chi connectivity index (χ3n) is 7.35. The first-order valence-electron chi connectivity index (χ1n) is 11.5. The number of hydrogen-bond donors (Lipinski definition) is 2. The van der Waals surface area contributed by atoms with Crippen LogP contribution in [0.25, 0.3) is 0 Å². The number of benzene rings is 1.